The van der Waals surface area contributed by atoms with Gasteiger partial charge in [0.15, 0.2) is 0 Å². The molecule has 0 aliphatic carbocycles. The lowest BCUT2D eigenvalue weighted by atomic mass is 10.00. The van der Waals surface area contributed by atoms with E-state index in [1.807, 2.05) is 6.92 Å². The zero-order valence-electron chi connectivity index (χ0n) is 17.6. The van der Waals surface area contributed by atoms with Gasteiger partial charge < -0.3 is 24.4 Å². The lowest BCUT2D eigenvalue weighted by molar-refractivity contribution is -0.129. The van der Waals surface area contributed by atoms with Gasteiger partial charge in [-0.05, 0) is 13.0 Å². The first kappa shape index (κ1) is 22.7. The van der Waals surface area contributed by atoms with Crippen molar-refractivity contribution < 1.29 is 24.2 Å². The zero-order valence-corrected chi connectivity index (χ0v) is 17.6. The molecule has 0 unspecified atom stereocenters. The van der Waals surface area contributed by atoms with E-state index in [1.54, 1.807) is 43.1 Å². The molecule has 0 radical (unpaired) electrons. The van der Waals surface area contributed by atoms with Crippen LogP contribution in [0.3, 0.4) is 0 Å². The van der Waals surface area contributed by atoms with Crippen LogP contribution in [0.2, 0.25) is 0 Å². The lowest BCUT2D eigenvalue weighted by Crippen LogP contribution is -2.50. The molecule has 158 valence electrons. The lowest BCUT2D eigenvalue weighted by Gasteiger charge is -2.37. The first-order chi connectivity index (χ1) is 13.8. The van der Waals surface area contributed by atoms with E-state index >= 15 is 0 Å². The Morgan fingerprint density at radius 2 is 2.28 bits per heavy atom. The number of aromatic nitrogens is 1. The van der Waals surface area contributed by atoms with E-state index in [-0.39, 0.29) is 54.5 Å². The molecule has 0 spiro atoms. The van der Waals surface area contributed by atoms with Crippen LogP contribution >= 0.6 is 0 Å². The number of ether oxygens (including phenoxy) is 2. The molecular formula is C21H29N3O5. The van der Waals surface area contributed by atoms with Crippen LogP contribution in [0.1, 0.15) is 36.7 Å². The zero-order chi connectivity index (χ0) is 21.6. The summed E-state index contributed by atoms with van der Waals surface area (Å²) < 4.78 is 11.0. The van der Waals surface area contributed by atoms with Gasteiger partial charge in [-0.15, -0.1) is 0 Å². The largest absolute Gasteiger partial charge is 0.472 e. The topological polar surface area (TPSA) is 92.2 Å². The highest BCUT2D eigenvalue weighted by Gasteiger charge is 2.34. The number of methoxy groups -OCH3 is 1. The number of nitrogens with zero attached hydrogens (tertiary/aromatic N) is 3. The maximum Gasteiger partial charge on any atom is 0.259 e. The molecule has 1 aromatic rings. The maximum atomic E-state index is 13.2. The second kappa shape index (κ2) is 10.2. The van der Waals surface area contributed by atoms with E-state index in [0.29, 0.717) is 18.7 Å². The summed E-state index contributed by atoms with van der Waals surface area (Å²) in [6.45, 7) is 6.10. The number of rotatable bonds is 5. The highest BCUT2D eigenvalue weighted by Crippen LogP contribution is 2.27. The van der Waals surface area contributed by atoms with Crippen molar-refractivity contribution in [1.29, 1.82) is 0 Å². The predicted molar refractivity (Wildman–Crippen MR) is 107 cm³/mol. The van der Waals surface area contributed by atoms with Crippen molar-refractivity contribution in [3.8, 4) is 17.7 Å². The number of likely N-dealkylation sites (N-methyl/N-ethyl adjacent to an activating group) is 1. The number of amides is 2. The van der Waals surface area contributed by atoms with Crippen molar-refractivity contribution in [1.82, 2.24) is 14.8 Å². The number of fused-ring (bicyclic) bond motifs is 1. The minimum atomic E-state index is -0.370. The fraction of sp³-hybridized carbons (Fsp3) is 0.571. The van der Waals surface area contributed by atoms with Crippen LogP contribution < -0.4 is 4.74 Å². The Morgan fingerprint density at radius 1 is 1.55 bits per heavy atom. The van der Waals surface area contributed by atoms with Crippen molar-refractivity contribution in [2.45, 2.75) is 32.9 Å². The molecule has 8 nitrogen and oxygen atoms in total. The van der Waals surface area contributed by atoms with Gasteiger partial charge in [0, 0.05) is 45.3 Å². The van der Waals surface area contributed by atoms with Crippen molar-refractivity contribution in [3.63, 3.8) is 0 Å². The third kappa shape index (κ3) is 5.68. The molecule has 0 fully saturated rings. The van der Waals surface area contributed by atoms with Gasteiger partial charge in [-0.2, -0.15) is 0 Å². The van der Waals surface area contributed by atoms with E-state index < -0.39 is 0 Å². The van der Waals surface area contributed by atoms with E-state index in [4.69, 9.17) is 9.47 Å². The average Bonchev–Trinajstić information content (AvgIpc) is 2.70. The summed E-state index contributed by atoms with van der Waals surface area (Å²) in [7, 11) is 3.26. The van der Waals surface area contributed by atoms with Crippen LogP contribution in [0.5, 0.6) is 5.88 Å². The predicted octanol–water partition coefficient (Wildman–Crippen LogP) is 0.778. The van der Waals surface area contributed by atoms with Gasteiger partial charge in [-0.1, -0.05) is 18.8 Å². The maximum absolute atomic E-state index is 13.2. The third-order valence-electron chi connectivity index (χ3n) is 4.96. The average molecular weight is 403 g/mol. The van der Waals surface area contributed by atoms with E-state index in [9.17, 15) is 14.7 Å². The molecule has 0 saturated carbocycles. The second-order valence-corrected chi connectivity index (χ2v) is 7.33. The van der Waals surface area contributed by atoms with Gasteiger partial charge in [0.2, 0.25) is 11.8 Å². The molecule has 0 aromatic carbocycles. The van der Waals surface area contributed by atoms with E-state index in [2.05, 4.69) is 16.8 Å². The van der Waals surface area contributed by atoms with Gasteiger partial charge in [0.1, 0.15) is 18.3 Å². The minimum Gasteiger partial charge on any atom is -0.472 e. The van der Waals surface area contributed by atoms with Crippen molar-refractivity contribution in [3.05, 3.63) is 23.4 Å². The fourth-order valence-electron chi connectivity index (χ4n) is 3.00. The van der Waals surface area contributed by atoms with Crippen LogP contribution in [0.15, 0.2) is 12.3 Å². The molecule has 1 aromatic heterocycles. The van der Waals surface area contributed by atoms with Crippen LogP contribution in [0.4, 0.5) is 0 Å². The number of hydrogen-bond acceptors (Lipinski definition) is 6. The quantitative estimate of drug-likeness (QED) is 0.731. The number of aliphatic hydroxyl groups is 1. The Hall–Kier alpha value is -2.63. The number of aliphatic hydroxyl groups excluding tert-OH is 1. The van der Waals surface area contributed by atoms with Crippen LogP contribution in [0.25, 0.3) is 0 Å². The van der Waals surface area contributed by atoms with Crippen molar-refractivity contribution in [2.24, 2.45) is 5.92 Å². The molecule has 8 heteroatoms. The van der Waals surface area contributed by atoms with Gasteiger partial charge in [0.05, 0.1) is 19.2 Å². The number of pyridine rings is 1. The fourth-order valence-corrected chi connectivity index (χ4v) is 3.00. The second-order valence-electron chi connectivity index (χ2n) is 7.33. The Kier molecular flexibility index (Phi) is 8.00. The van der Waals surface area contributed by atoms with Gasteiger partial charge in [-0.3, -0.25) is 9.59 Å². The summed E-state index contributed by atoms with van der Waals surface area (Å²) in [6.07, 6.45) is 1.19. The molecule has 29 heavy (non-hydrogen) atoms. The van der Waals surface area contributed by atoms with E-state index in [0.717, 1.165) is 0 Å². The first-order valence-corrected chi connectivity index (χ1v) is 9.56. The van der Waals surface area contributed by atoms with Crippen LogP contribution in [-0.2, 0) is 9.53 Å². The van der Waals surface area contributed by atoms with Crippen LogP contribution in [-0.4, -0.2) is 84.3 Å². The van der Waals surface area contributed by atoms with Crippen LogP contribution in [0, 0.1) is 17.8 Å². The van der Waals surface area contributed by atoms with Gasteiger partial charge in [0.25, 0.3) is 5.91 Å². The minimum absolute atomic E-state index is 0.0727. The third-order valence-corrected chi connectivity index (χ3v) is 4.96. The molecule has 0 bridgehead atoms. The van der Waals surface area contributed by atoms with Crippen molar-refractivity contribution in [2.75, 3.05) is 40.5 Å². The molecule has 2 amide bonds. The standard InChI is InChI=1S/C21H29N3O5/c1-14-11-24(15(2)13-25)21(27)18-9-17(7-6-8-28-5)10-22-20(18)29-19(14)12-23(4)16(3)26/h9-10,14-15,19,25H,8,11-13H2,1-5H3/t14-,15-,19+/m0/s1. The smallest absolute Gasteiger partial charge is 0.259 e. The van der Waals surface area contributed by atoms with Gasteiger partial charge in [-0.25, -0.2) is 4.98 Å². The number of carbonyl (C=O) groups excluding carboxylic acids is 2. The molecule has 1 aliphatic rings. The summed E-state index contributed by atoms with van der Waals surface area (Å²) >= 11 is 0. The number of carbonyl (C=O) groups is 2. The summed E-state index contributed by atoms with van der Waals surface area (Å²) in [5.41, 5.74) is 0.859. The first-order valence-electron chi connectivity index (χ1n) is 9.56. The summed E-state index contributed by atoms with van der Waals surface area (Å²) in [5, 5.41) is 9.65. The highest BCUT2D eigenvalue weighted by molar-refractivity contribution is 5.97. The Morgan fingerprint density at radius 3 is 2.90 bits per heavy atom. The Bertz CT molecular complexity index is 801. The SMILES string of the molecule is COCC#Cc1cnc2c(c1)C(=O)N([C@@H](C)CO)C[C@H](C)[C@@H](CN(C)C(C)=O)O2. The van der Waals surface area contributed by atoms with E-state index in [1.165, 1.54) is 6.92 Å². The molecule has 2 heterocycles. The monoisotopic (exact) mass is 403 g/mol. The molecule has 2 rings (SSSR count). The van der Waals surface area contributed by atoms with Crippen molar-refractivity contribution >= 4 is 11.8 Å². The Balaban J connectivity index is 2.46. The summed E-state index contributed by atoms with van der Waals surface area (Å²) in [4.78, 5) is 32.4. The number of hydrogen-bond donors (Lipinski definition) is 1. The normalized spacial score (nSPS) is 19.8. The summed E-state index contributed by atoms with van der Waals surface area (Å²) in [5.74, 6) is 5.53. The summed E-state index contributed by atoms with van der Waals surface area (Å²) in [6, 6.07) is 1.27. The Labute approximate surface area is 171 Å². The highest BCUT2D eigenvalue weighted by atomic mass is 16.5. The molecule has 0 saturated heterocycles. The molecule has 1 N–H and O–H groups in total. The van der Waals surface area contributed by atoms with Gasteiger partial charge >= 0.3 is 0 Å². The molecular weight excluding hydrogens is 374 g/mol. The molecule has 1 aliphatic heterocycles. The molecule has 3 atom stereocenters.